The van der Waals surface area contributed by atoms with E-state index in [1.54, 1.807) is 29.0 Å². The first-order valence-corrected chi connectivity index (χ1v) is 11.3. The van der Waals surface area contributed by atoms with Gasteiger partial charge in [0, 0.05) is 29.3 Å². The number of nitrogens with one attached hydrogen (secondary N) is 1. The van der Waals surface area contributed by atoms with Crippen LogP contribution in [0, 0.1) is 6.07 Å². The Morgan fingerprint density at radius 3 is 2.41 bits per heavy atom. The molecule has 0 atom stereocenters. The highest BCUT2D eigenvalue weighted by Crippen LogP contribution is 2.45. The van der Waals surface area contributed by atoms with E-state index in [0.717, 1.165) is 5.56 Å². The Balaban J connectivity index is 2.04. The van der Waals surface area contributed by atoms with Gasteiger partial charge in [0.25, 0.3) is 5.56 Å². The molecule has 175 valence electrons. The summed E-state index contributed by atoms with van der Waals surface area (Å²) >= 11 is 13.3. The Morgan fingerprint density at radius 2 is 1.82 bits per heavy atom. The molecule has 7 nitrogen and oxygen atoms in total. The number of benzene rings is 2. The van der Waals surface area contributed by atoms with Crippen LogP contribution in [0.4, 0.5) is 5.95 Å². The monoisotopic (exact) mass is 497 g/mol. The fraction of sp³-hybridized carbons (Fsp3) is 0.240. The average molecular weight is 498 g/mol. The summed E-state index contributed by atoms with van der Waals surface area (Å²) in [6, 6.07) is 14.0. The van der Waals surface area contributed by atoms with Crippen molar-refractivity contribution < 1.29 is 9.47 Å². The highest BCUT2D eigenvalue weighted by atomic mass is 35.5. The SMILES string of the molecule is COc1cc(OC)c(Cl)c(-c2cc3cnc(NC(C)C)nc3n(Cc3[c]cccc3)c2=O)c1Cl. The third-order valence-electron chi connectivity index (χ3n) is 5.19. The summed E-state index contributed by atoms with van der Waals surface area (Å²) in [5.41, 5.74) is 1.58. The van der Waals surface area contributed by atoms with Crippen molar-refractivity contribution in [2.75, 3.05) is 19.5 Å². The van der Waals surface area contributed by atoms with Gasteiger partial charge in [0.05, 0.1) is 36.4 Å². The maximum atomic E-state index is 13.9. The lowest BCUT2D eigenvalue weighted by atomic mass is 10.0. The minimum atomic E-state index is -0.321. The van der Waals surface area contributed by atoms with E-state index < -0.39 is 0 Å². The second-order valence-corrected chi connectivity index (χ2v) is 8.65. The molecular weight excluding hydrogens is 475 g/mol. The summed E-state index contributed by atoms with van der Waals surface area (Å²) in [6.07, 6.45) is 1.67. The van der Waals surface area contributed by atoms with E-state index in [2.05, 4.69) is 21.4 Å². The molecule has 0 aliphatic heterocycles. The van der Waals surface area contributed by atoms with Crippen molar-refractivity contribution in [2.24, 2.45) is 0 Å². The summed E-state index contributed by atoms with van der Waals surface area (Å²) in [5.74, 6) is 1.11. The van der Waals surface area contributed by atoms with Gasteiger partial charge in [0.2, 0.25) is 5.95 Å². The van der Waals surface area contributed by atoms with E-state index in [9.17, 15) is 4.79 Å². The number of nitrogens with zero attached hydrogens (tertiary/aromatic N) is 3. The zero-order valence-electron chi connectivity index (χ0n) is 19.1. The molecule has 34 heavy (non-hydrogen) atoms. The number of methoxy groups -OCH3 is 2. The molecule has 0 unspecified atom stereocenters. The van der Waals surface area contributed by atoms with Crippen LogP contribution in [-0.4, -0.2) is 34.8 Å². The first-order valence-electron chi connectivity index (χ1n) is 10.6. The Kier molecular flexibility index (Phi) is 6.95. The van der Waals surface area contributed by atoms with Gasteiger partial charge in [-0.2, -0.15) is 4.98 Å². The number of anilines is 1. The average Bonchev–Trinajstić information content (AvgIpc) is 2.82. The number of hydrogen-bond donors (Lipinski definition) is 1. The third kappa shape index (κ3) is 4.54. The summed E-state index contributed by atoms with van der Waals surface area (Å²) < 4.78 is 12.4. The van der Waals surface area contributed by atoms with E-state index in [-0.39, 0.29) is 33.8 Å². The van der Waals surface area contributed by atoms with Crippen molar-refractivity contribution in [1.29, 1.82) is 0 Å². The van der Waals surface area contributed by atoms with E-state index >= 15 is 0 Å². The van der Waals surface area contributed by atoms with Gasteiger partial charge in [-0.05, 0) is 31.5 Å². The lowest BCUT2D eigenvalue weighted by Crippen LogP contribution is -2.24. The van der Waals surface area contributed by atoms with Crippen molar-refractivity contribution in [3.8, 4) is 22.6 Å². The zero-order chi connectivity index (χ0) is 24.4. The fourth-order valence-corrected chi connectivity index (χ4v) is 4.34. The smallest absolute Gasteiger partial charge is 0.260 e. The lowest BCUT2D eigenvalue weighted by Gasteiger charge is -2.17. The number of rotatable bonds is 7. The van der Waals surface area contributed by atoms with E-state index in [0.29, 0.717) is 34.0 Å². The highest BCUT2D eigenvalue weighted by Gasteiger charge is 2.23. The molecule has 0 fully saturated rings. The fourth-order valence-electron chi connectivity index (χ4n) is 3.63. The van der Waals surface area contributed by atoms with Crippen LogP contribution in [0.5, 0.6) is 11.5 Å². The molecule has 4 rings (SSSR count). The van der Waals surface area contributed by atoms with Gasteiger partial charge in [0.15, 0.2) is 0 Å². The van der Waals surface area contributed by atoms with Crippen LogP contribution in [0.2, 0.25) is 10.0 Å². The molecule has 1 radical (unpaired) electrons. The molecule has 0 aliphatic carbocycles. The number of hydrogen-bond acceptors (Lipinski definition) is 6. The van der Waals surface area contributed by atoms with Crippen LogP contribution in [-0.2, 0) is 6.54 Å². The Hall–Kier alpha value is -3.29. The normalized spacial score (nSPS) is 11.1. The van der Waals surface area contributed by atoms with E-state index in [4.69, 9.17) is 32.7 Å². The molecule has 1 N–H and O–H groups in total. The molecule has 4 aromatic rings. The van der Waals surface area contributed by atoms with Gasteiger partial charge in [0.1, 0.15) is 17.1 Å². The molecule has 0 amide bonds. The second-order valence-electron chi connectivity index (χ2n) is 7.89. The molecular formula is C25H23Cl2N4O3. The van der Waals surface area contributed by atoms with Crippen LogP contribution < -0.4 is 20.3 Å². The number of ether oxygens (including phenoxy) is 2. The molecule has 2 aromatic carbocycles. The number of pyridine rings is 1. The van der Waals surface area contributed by atoms with Crippen molar-refractivity contribution >= 4 is 40.2 Å². The van der Waals surface area contributed by atoms with Gasteiger partial charge in [-0.1, -0.05) is 47.5 Å². The minimum absolute atomic E-state index is 0.126. The Bertz CT molecular complexity index is 1380. The van der Waals surface area contributed by atoms with Crippen molar-refractivity contribution in [3.05, 3.63) is 74.6 Å². The van der Waals surface area contributed by atoms with Gasteiger partial charge < -0.3 is 14.8 Å². The first-order chi connectivity index (χ1) is 16.3. The van der Waals surface area contributed by atoms with Gasteiger partial charge in [-0.3, -0.25) is 9.36 Å². The predicted octanol–water partition coefficient (Wildman–Crippen LogP) is 5.45. The second kappa shape index (κ2) is 9.91. The lowest BCUT2D eigenvalue weighted by molar-refractivity contribution is 0.395. The van der Waals surface area contributed by atoms with Crippen LogP contribution in [0.25, 0.3) is 22.2 Å². The summed E-state index contributed by atoms with van der Waals surface area (Å²) in [4.78, 5) is 22.9. The molecule has 2 heterocycles. The summed E-state index contributed by atoms with van der Waals surface area (Å²) in [5, 5.41) is 4.25. The zero-order valence-corrected chi connectivity index (χ0v) is 20.7. The largest absolute Gasteiger partial charge is 0.495 e. The maximum Gasteiger partial charge on any atom is 0.260 e. The van der Waals surface area contributed by atoms with Crippen LogP contribution in [0.15, 0.2) is 47.4 Å². The molecule has 0 bridgehead atoms. The van der Waals surface area contributed by atoms with Gasteiger partial charge >= 0.3 is 0 Å². The van der Waals surface area contributed by atoms with Crippen LogP contribution >= 0.6 is 23.2 Å². The quantitative estimate of drug-likeness (QED) is 0.365. The predicted molar refractivity (Wildman–Crippen MR) is 135 cm³/mol. The van der Waals surface area contributed by atoms with Gasteiger partial charge in [-0.25, -0.2) is 4.98 Å². The standard InChI is InChI=1S/C25H23Cl2N4O3/c1-14(2)29-25-28-12-16-10-17(20-21(26)18(33-3)11-19(34-4)22(20)27)24(32)31(23(16)30-25)13-15-8-6-5-7-9-15/h5-8,10-12,14H,13H2,1-4H3,(H,28,29,30). The van der Waals surface area contributed by atoms with Crippen LogP contribution in [0.1, 0.15) is 19.4 Å². The van der Waals surface area contributed by atoms with E-state index in [1.165, 1.54) is 14.2 Å². The molecule has 0 saturated heterocycles. The van der Waals surface area contributed by atoms with Crippen molar-refractivity contribution in [3.63, 3.8) is 0 Å². The van der Waals surface area contributed by atoms with Crippen molar-refractivity contribution in [1.82, 2.24) is 14.5 Å². The topological polar surface area (TPSA) is 78.3 Å². The maximum absolute atomic E-state index is 13.9. The first kappa shape index (κ1) is 23.9. The summed E-state index contributed by atoms with van der Waals surface area (Å²) in [6.45, 7) is 4.23. The van der Waals surface area contributed by atoms with Crippen molar-refractivity contribution in [2.45, 2.75) is 26.4 Å². The van der Waals surface area contributed by atoms with E-state index in [1.807, 2.05) is 32.0 Å². The van der Waals surface area contributed by atoms with Gasteiger partial charge in [-0.15, -0.1) is 0 Å². The Labute approximate surface area is 207 Å². The molecule has 2 aromatic heterocycles. The molecule has 9 heteroatoms. The number of halogens is 2. The Morgan fingerprint density at radius 1 is 1.12 bits per heavy atom. The number of aromatic nitrogens is 3. The minimum Gasteiger partial charge on any atom is -0.495 e. The molecule has 0 saturated carbocycles. The third-order valence-corrected chi connectivity index (χ3v) is 5.94. The van der Waals surface area contributed by atoms with Crippen LogP contribution in [0.3, 0.4) is 0 Å². The highest BCUT2D eigenvalue weighted by molar-refractivity contribution is 6.41. The molecule has 0 aliphatic rings. The molecule has 0 spiro atoms. The summed E-state index contributed by atoms with van der Waals surface area (Å²) in [7, 11) is 2.97. The number of fused-ring (bicyclic) bond motifs is 1.